The largest absolute Gasteiger partial charge is 0.319 e. The molecular formula is C11H14N2O2. The van der Waals surface area contributed by atoms with Crippen molar-refractivity contribution in [2.75, 3.05) is 13.1 Å². The normalized spacial score (nSPS) is 24.0. The third-order valence-electron chi connectivity index (χ3n) is 3.15. The van der Waals surface area contributed by atoms with Crippen LogP contribution >= 0.6 is 0 Å². The van der Waals surface area contributed by atoms with Gasteiger partial charge in [0.1, 0.15) is 0 Å². The van der Waals surface area contributed by atoms with E-state index in [1.165, 1.54) is 12.4 Å². The molecule has 2 heterocycles. The number of likely N-dealkylation sites (tertiary alicyclic amines) is 2. The van der Waals surface area contributed by atoms with E-state index in [-0.39, 0.29) is 17.2 Å². The van der Waals surface area contributed by atoms with Crippen molar-refractivity contribution in [2.24, 2.45) is 5.41 Å². The summed E-state index contributed by atoms with van der Waals surface area (Å²) in [5, 5.41) is 0. The van der Waals surface area contributed by atoms with Gasteiger partial charge >= 0.3 is 0 Å². The topological polar surface area (TPSA) is 40.6 Å². The highest BCUT2D eigenvalue weighted by Gasteiger charge is 2.49. The van der Waals surface area contributed by atoms with Crippen LogP contribution in [0.3, 0.4) is 0 Å². The molecule has 0 N–H and O–H groups in total. The molecule has 2 aliphatic heterocycles. The van der Waals surface area contributed by atoms with Crippen molar-refractivity contribution in [1.29, 1.82) is 0 Å². The fraction of sp³-hybridized carbons (Fsp3) is 0.455. The van der Waals surface area contributed by atoms with Crippen LogP contribution in [0, 0.1) is 5.41 Å². The zero-order chi connectivity index (χ0) is 11.1. The van der Waals surface area contributed by atoms with Gasteiger partial charge in [-0.1, -0.05) is 13.2 Å². The Hall–Kier alpha value is -1.58. The van der Waals surface area contributed by atoms with Gasteiger partial charge in [0.25, 0.3) is 0 Å². The molecule has 0 saturated carbocycles. The highest BCUT2D eigenvalue weighted by atomic mass is 16.2. The Labute approximate surface area is 88.8 Å². The molecular weight excluding hydrogens is 192 g/mol. The first-order valence-electron chi connectivity index (χ1n) is 4.94. The Bertz CT molecular complexity index is 314. The van der Waals surface area contributed by atoms with E-state index in [1.54, 1.807) is 9.80 Å². The molecule has 2 fully saturated rings. The molecule has 0 atom stereocenters. The van der Waals surface area contributed by atoms with Gasteiger partial charge in [-0.25, -0.2) is 0 Å². The molecule has 80 valence electrons. The van der Waals surface area contributed by atoms with Crippen LogP contribution in [-0.2, 0) is 9.59 Å². The minimum atomic E-state index is -0.212. The summed E-state index contributed by atoms with van der Waals surface area (Å²) in [4.78, 5) is 26.3. The predicted octanol–water partition coefficient (Wildman–Crippen LogP) is 0.724. The van der Waals surface area contributed by atoms with Crippen molar-refractivity contribution in [3.63, 3.8) is 0 Å². The number of carbonyl (C=O) groups is 2. The fourth-order valence-corrected chi connectivity index (χ4v) is 2.41. The van der Waals surface area contributed by atoms with Crippen LogP contribution in [-0.4, -0.2) is 34.7 Å². The fourth-order valence-electron chi connectivity index (χ4n) is 2.41. The average Bonchev–Trinajstić information content (AvgIpc) is 2.67. The third kappa shape index (κ3) is 1.46. The van der Waals surface area contributed by atoms with Crippen molar-refractivity contribution in [3.8, 4) is 0 Å². The second kappa shape index (κ2) is 3.22. The molecule has 2 amide bonds. The van der Waals surface area contributed by atoms with Gasteiger partial charge < -0.3 is 9.80 Å². The quantitative estimate of drug-likeness (QED) is 0.668. The van der Waals surface area contributed by atoms with E-state index < -0.39 is 0 Å². The van der Waals surface area contributed by atoms with Crippen LogP contribution in [0.15, 0.2) is 25.6 Å². The number of hydrogen-bond donors (Lipinski definition) is 0. The first-order chi connectivity index (χ1) is 7.10. The maximum absolute atomic E-state index is 11.6. The summed E-state index contributed by atoms with van der Waals surface area (Å²) >= 11 is 0. The van der Waals surface area contributed by atoms with Crippen LogP contribution in [0.1, 0.15) is 12.8 Å². The predicted molar refractivity (Wildman–Crippen MR) is 55.5 cm³/mol. The molecule has 0 bridgehead atoms. The zero-order valence-electron chi connectivity index (χ0n) is 8.61. The SMILES string of the molecule is C=CN1CC2(CC1=O)CC(=O)N(C=C)C2. The first kappa shape index (κ1) is 9.96. The molecule has 4 heteroatoms. The van der Waals surface area contributed by atoms with Crippen LogP contribution in [0.25, 0.3) is 0 Å². The summed E-state index contributed by atoms with van der Waals surface area (Å²) in [7, 11) is 0. The van der Waals surface area contributed by atoms with Crippen LogP contribution in [0.4, 0.5) is 0 Å². The van der Waals surface area contributed by atoms with E-state index in [9.17, 15) is 9.59 Å². The van der Waals surface area contributed by atoms with E-state index in [2.05, 4.69) is 13.2 Å². The summed E-state index contributed by atoms with van der Waals surface area (Å²) in [5.41, 5.74) is -0.212. The average molecular weight is 206 g/mol. The summed E-state index contributed by atoms with van der Waals surface area (Å²) < 4.78 is 0. The van der Waals surface area contributed by atoms with Crippen LogP contribution in [0.5, 0.6) is 0 Å². The number of amides is 2. The Kier molecular flexibility index (Phi) is 2.14. The molecule has 2 rings (SSSR count). The lowest BCUT2D eigenvalue weighted by atomic mass is 9.86. The van der Waals surface area contributed by atoms with Gasteiger partial charge in [0.15, 0.2) is 0 Å². The highest BCUT2D eigenvalue weighted by Crippen LogP contribution is 2.40. The second-order valence-corrected chi connectivity index (χ2v) is 4.26. The van der Waals surface area contributed by atoms with Gasteiger partial charge in [-0.2, -0.15) is 0 Å². The first-order valence-corrected chi connectivity index (χ1v) is 4.94. The van der Waals surface area contributed by atoms with Crippen molar-refractivity contribution >= 4 is 11.8 Å². The van der Waals surface area contributed by atoms with E-state index in [0.717, 1.165) is 0 Å². The standard InChI is InChI=1S/C11H14N2O2/c1-3-12-7-11(5-9(12)14)6-10(15)13(4-2)8-11/h3-4H,1-2,5-8H2. The van der Waals surface area contributed by atoms with E-state index >= 15 is 0 Å². The van der Waals surface area contributed by atoms with Gasteiger partial charge in [-0.05, 0) is 12.4 Å². The van der Waals surface area contributed by atoms with Crippen molar-refractivity contribution in [3.05, 3.63) is 25.6 Å². The molecule has 0 aromatic carbocycles. The highest BCUT2D eigenvalue weighted by molar-refractivity contribution is 5.86. The Morgan fingerprint density at radius 2 is 1.40 bits per heavy atom. The Morgan fingerprint density at radius 1 is 1.00 bits per heavy atom. The van der Waals surface area contributed by atoms with Crippen molar-refractivity contribution in [2.45, 2.75) is 12.8 Å². The third-order valence-corrected chi connectivity index (χ3v) is 3.15. The number of carbonyl (C=O) groups excluding carboxylic acids is 2. The monoisotopic (exact) mass is 206 g/mol. The van der Waals surface area contributed by atoms with Crippen LogP contribution < -0.4 is 0 Å². The summed E-state index contributed by atoms with van der Waals surface area (Å²) in [5.74, 6) is 0.118. The minimum absolute atomic E-state index is 0.0590. The Morgan fingerprint density at radius 3 is 1.67 bits per heavy atom. The lowest BCUT2D eigenvalue weighted by Crippen LogP contribution is -2.27. The molecule has 0 unspecified atom stereocenters. The smallest absolute Gasteiger partial charge is 0.227 e. The van der Waals surface area contributed by atoms with Gasteiger partial charge in [-0.15, -0.1) is 0 Å². The van der Waals surface area contributed by atoms with E-state index in [1.807, 2.05) is 0 Å². The molecule has 0 aliphatic carbocycles. The number of rotatable bonds is 2. The molecule has 15 heavy (non-hydrogen) atoms. The van der Waals surface area contributed by atoms with E-state index in [4.69, 9.17) is 0 Å². The molecule has 0 radical (unpaired) electrons. The lowest BCUT2D eigenvalue weighted by molar-refractivity contribution is -0.126. The lowest BCUT2D eigenvalue weighted by Gasteiger charge is -2.20. The summed E-state index contributed by atoms with van der Waals surface area (Å²) in [6.45, 7) is 8.39. The minimum Gasteiger partial charge on any atom is -0.319 e. The molecule has 2 aliphatic rings. The van der Waals surface area contributed by atoms with E-state index in [0.29, 0.717) is 25.9 Å². The van der Waals surface area contributed by atoms with Crippen LogP contribution in [0.2, 0.25) is 0 Å². The van der Waals surface area contributed by atoms with Gasteiger partial charge in [0, 0.05) is 31.3 Å². The zero-order valence-corrected chi connectivity index (χ0v) is 8.61. The van der Waals surface area contributed by atoms with Gasteiger partial charge in [-0.3, -0.25) is 9.59 Å². The summed E-state index contributed by atoms with van der Waals surface area (Å²) in [6.07, 6.45) is 3.96. The van der Waals surface area contributed by atoms with Gasteiger partial charge in [0.2, 0.25) is 11.8 Å². The maximum Gasteiger partial charge on any atom is 0.227 e. The van der Waals surface area contributed by atoms with Crippen molar-refractivity contribution in [1.82, 2.24) is 9.80 Å². The van der Waals surface area contributed by atoms with Crippen molar-refractivity contribution < 1.29 is 9.59 Å². The number of hydrogen-bond acceptors (Lipinski definition) is 2. The molecule has 1 spiro atoms. The Balaban J connectivity index is 2.18. The van der Waals surface area contributed by atoms with Gasteiger partial charge in [0.05, 0.1) is 0 Å². The number of nitrogens with zero attached hydrogens (tertiary/aromatic N) is 2. The molecule has 0 aromatic heterocycles. The molecule has 2 saturated heterocycles. The second-order valence-electron chi connectivity index (χ2n) is 4.26. The maximum atomic E-state index is 11.6. The molecule has 4 nitrogen and oxygen atoms in total. The molecule has 0 aromatic rings. The summed E-state index contributed by atoms with van der Waals surface area (Å²) in [6, 6.07) is 0.